The molecule has 0 aliphatic heterocycles. The lowest BCUT2D eigenvalue weighted by Crippen LogP contribution is -2.08. The van der Waals surface area contributed by atoms with Crippen LogP contribution >= 0.6 is 15.9 Å². The molecule has 0 fully saturated rings. The van der Waals surface area contributed by atoms with E-state index in [1.165, 1.54) is 0 Å². The van der Waals surface area contributed by atoms with E-state index in [1.807, 2.05) is 0 Å². The van der Waals surface area contributed by atoms with Crippen LogP contribution in [0.15, 0.2) is 33.2 Å². The van der Waals surface area contributed by atoms with Crippen LogP contribution in [0.4, 0.5) is 13.2 Å². The first-order valence-electron chi connectivity index (χ1n) is 5.65. The Morgan fingerprint density at radius 3 is 2.68 bits per heavy atom. The molecule has 2 nitrogen and oxygen atoms in total. The zero-order chi connectivity index (χ0) is 14.0. The van der Waals surface area contributed by atoms with Crippen molar-refractivity contribution < 1.29 is 22.4 Å². The molecular formula is C13H10BrF3O2. The van der Waals surface area contributed by atoms with E-state index in [0.717, 1.165) is 5.39 Å². The molecule has 0 radical (unpaired) electrons. The monoisotopic (exact) mass is 334 g/mol. The first-order valence-corrected chi connectivity index (χ1v) is 6.44. The van der Waals surface area contributed by atoms with Crippen LogP contribution in [-0.2, 0) is 0 Å². The molecular weight excluding hydrogens is 325 g/mol. The third-order valence-corrected chi connectivity index (χ3v) is 3.26. The SMILES string of the molecule is O=C(CCCC(F)(F)F)c1cc2cccc(Br)c2o1. The van der Waals surface area contributed by atoms with Crippen LogP contribution in [-0.4, -0.2) is 12.0 Å². The van der Waals surface area contributed by atoms with Crippen LogP contribution in [0.25, 0.3) is 11.0 Å². The van der Waals surface area contributed by atoms with Gasteiger partial charge in [-0.25, -0.2) is 0 Å². The lowest BCUT2D eigenvalue weighted by Gasteiger charge is -2.03. The number of benzene rings is 1. The molecule has 0 N–H and O–H groups in total. The highest BCUT2D eigenvalue weighted by Gasteiger charge is 2.27. The molecule has 0 atom stereocenters. The third-order valence-electron chi connectivity index (χ3n) is 2.63. The predicted molar refractivity (Wildman–Crippen MR) is 68.2 cm³/mol. The van der Waals surface area contributed by atoms with Gasteiger partial charge in [0.2, 0.25) is 0 Å². The summed E-state index contributed by atoms with van der Waals surface area (Å²) in [6, 6.07) is 6.88. The minimum Gasteiger partial charge on any atom is -0.452 e. The van der Waals surface area contributed by atoms with E-state index in [1.54, 1.807) is 24.3 Å². The Labute approximate surface area is 115 Å². The van der Waals surface area contributed by atoms with Gasteiger partial charge < -0.3 is 4.42 Å². The molecule has 19 heavy (non-hydrogen) atoms. The molecule has 0 unspecified atom stereocenters. The topological polar surface area (TPSA) is 30.2 Å². The van der Waals surface area contributed by atoms with Gasteiger partial charge in [0.25, 0.3) is 0 Å². The number of furan rings is 1. The van der Waals surface area contributed by atoms with Gasteiger partial charge in [0, 0.05) is 18.2 Å². The summed E-state index contributed by atoms with van der Waals surface area (Å²) in [5.74, 6) is -0.309. The maximum absolute atomic E-state index is 12.0. The molecule has 2 rings (SSSR count). The van der Waals surface area contributed by atoms with E-state index in [-0.39, 0.29) is 18.6 Å². The van der Waals surface area contributed by atoms with Crippen molar-refractivity contribution in [2.24, 2.45) is 0 Å². The molecule has 0 aliphatic carbocycles. The summed E-state index contributed by atoms with van der Waals surface area (Å²) >= 11 is 3.28. The number of hydrogen-bond acceptors (Lipinski definition) is 2. The maximum Gasteiger partial charge on any atom is 0.389 e. The maximum atomic E-state index is 12.0. The second-order valence-electron chi connectivity index (χ2n) is 4.16. The predicted octanol–water partition coefficient (Wildman–Crippen LogP) is 5.11. The zero-order valence-corrected chi connectivity index (χ0v) is 11.3. The number of carbonyl (C=O) groups excluding carboxylic acids is 1. The van der Waals surface area contributed by atoms with Crippen LogP contribution < -0.4 is 0 Å². The van der Waals surface area contributed by atoms with E-state index in [9.17, 15) is 18.0 Å². The molecule has 6 heteroatoms. The summed E-state index contributed by atoms with van der Waals surface area (Å²) in [6.45, 7) is 0. The summed E-state index contributed by atoms with van der Waals surface area (Å²) < 4.78 is 42.0. The largest absolute Gasteiger partial charge is 0.452 e. The molecule has 0 bridgehead atoms. The van der Waals surface area contributed by atoms with Crippen molar-refractivity contribution in [1.82, 2.24) is 0 Å². The Balaban J connectivity index is 2.08. The van der Waals surface area contributed by atoms with Crippen molar-refractivity contribution in [2.45, 2.75) is 25.4 Å². The first-order chi connectivity index (χ1) is 8.87. The van der Waals surface area contributed by atoms with Gasteiger partial charge in [0.05, 0.1) is 4.47 Å². The van der Waals surface area contributed by atoms with Crippen LogP contribution in [0.2, 0.25) is 0 Å². The zero-order valence-electron chi connectivity index (χ0n) is 9.76. The highest BCUT2D eigenvalue weighted by Crippen LogP contribution is 2.28. The number of fused-ring (bicyclic) bond motifs is 1. The standard InChI is InChI=1S/C13H10BrF3O2/c14-9-4-1-3-8-7-11(19-12(8)9)10(18)5-2-6-13(15,16)17/h1,3-4,7H,2,5-6H2. The molecule has 2 aromatic rings. The fourth-order valence-electron chi connectivity index (χ4n) is 1.74. The van der Waals surface area contributed by atoms with E-state index < -0.39 is 18.4 Å². The number of alkyl halides is 3. The fraction of sp³-hybridized carbons (Fsp3) is 0.308. The minimum absolute atomic E-state index is 0.101. The van der Waals surface area contributed by atoms with E-state index in [4.69, 9.17) is 4.42 Å². The van der Waals surface area contributed by atoms with Gasteiger partial charge in [-0.15, -0.1) is 0 Å². The van der Waals surface area contributed by atoms with Crippen molar-refractivity contribution in [3.63, 3.8) is 0 Å². The van der Waals surface area contributed by atoms with Crippen LogP contribution in [0.5, 0.6) is 0 Å². The summed E-state index contributed by atoms with van der Waals surface area (Å²) in [5, 5.41) is 0.744. The second-order valence-corrected chi connectivity index (χ2v) is 5.02. The Bertz CT molecular complexity index is 601. The van der Waals surface area contributed by atoms with E-state index in [2.05, 4.69) is 15.9 Å². The number of Topliss-reactive ketones (excluding diaryl/α,β-unsaturated/α-hetero) is 1. The Morgan fingerprint density at radius 1 is 1.32 bits per heavy atom. The van der Waals surface area contributed by atoms with Crippen LogP contribution in [0.1, 0.15) is 29.8 Å². The van der Waals surface area contributed by atoms with Crippen molar-refractivity contribution in [3.05, 3.63) is 34.5 Å². The number of ketones is 1. The smallest absolute Gasteiger partial charge is 0.389 e. The van der Waals surface area contributed by atoms with Crippen molar-refractivity contribution >= 4 is 32.7 Å². The van der Waals surface area contributed by atoms with Gasteiger partial charge in [-0.2, -0.15) is 13.2 Å². The molecule has 0 saturated heterocycles. The number of para-hydroxylation sites is 1. The van der Waals surface area contributed by atoms with Crippen molar-refractivity contribution in [3.8, 4) is 0 Å². The quantitative estimate of drug-likeness (QED) is 0.727. The molecule has 1 heterocycles. The normalized spacial score (nSPS) is 12.0. The Morgan fingerprint density at radius 2 is 2.05 bits per heavy atom. The average Bonchev–Trinajstić information content (AvgIpc) is 2.72. The number of halogens is 4. The van der Waals surface area contributed by atoms with Crippen molar-refractivity contribution in [2.75, 3.05) is 0 Å². The van der Waals surface area contributed by atoms with Gasteiger partial charge in [0.15, 0.2) is 11.5 Å². The highest BCUT2D eigenvalue weighted by molar-refractivity contribution is 9.10. The summed E-state index contributed by atoms with van der Waals surface area (Å²) in [7, 11) is 0. The summed E-state index contributed by atoms with van der Waals surface area (Å²) in [6.07, 6.45) is -5.57. The molecule has 1 aromatic heterocycles. The lowest BCUT2D eigenvalue weighted by atomic mass is 10.1. The molecule has 0 amide bonds. The van der Waals surface area contributed by atoms with Crippen molar-refractivity contribution in [1.29, 1.82) is 0 Å². The van der Waals surface area contributed by atoms with Gasteiger partial charge in [-0.3, -0.25) is 4.79 Å². The minimum atomic E-state index is -4.23. The molecule has 102 valence electrons. The summed E-state index contributed by atoms with van der Waals surface area (Å²) in [5.41, 5.74) is 0.529. The highest BCUT2D eigenvalue weighted by atomic mass is 79.9. The van der Waals surface area contributed by atoms with Crippen LogP contribution in [0, 0.1) is 0 Å². The van der Waals surface area contributed by atoms with E-state index in [0.29, 0.717) is 10.1 Å². The number of carbonyl (C=O) groups is 1. The lowest BCUT2D eigenvalue weighted by molar-refractivity contribution is -0.135. The number of rotatable bonds is 4. The Kier molecular flexibility index (Phi) is 3.99. The third kappa shape index (κ3) is 3.59. The first kappa shape index (κ1) is 14.1. The van der Waals surface area contributed by atoms with E-state index >= 15 is 0 Å². The fourth-order valence-corrected chi connectivity index (χ4v) is 2.20. The van der Waals surface area contributed by atoms with Gasteiger partial charge >= 0.3 is 6.18 Å². The van der Waals surface area contributed by atoms with Crippen LogP contribution in [0.3, 0.4) is 0 Å². The van der Waals surface area contributed by atoms with Gasteiger partial charge in [-0.05, 0) is 34.5 Å². The second kappa shape index (κ2) is 5.36. The molecule has 0 spiro atoms. The van der Waals surface area contributed by atoms with Gasteiger partial charge in [0.1, 0.15) is 5.58 Å². The Hall–Kier alpha value is -1.30. The number of hydrogen-bond donors (Lipinski definition) is 0. The molecule has 1 aromatic carbocycles. The molecule has 0 saturated carbocycles. The summed E-state index contributed by atoms with van der Waals surface area (Å²) in [4.78, 5) is 11.7. The average molecular weight is 335 g/mol. The van der Waals surface area contributed by atoms with Gasteiger partial charge in [-0.1, -0.05) is 12.1 Å². The molecule has 0 aliphatic rings.